The minimum Gasteiger partial charge on any atom is -0.370 e. The predicted molar refractivity (Wildman–Crippen MR) is 82.9 cm³/mol. The minimum absolute atomic E-state index is 0.0567. The van der Waals surface area contributed by atoms with Crippen LogP contribution in [0.4, 0.5) is 5.82 Å². The number of pyridine rings is 1. The molecule has 0 aliphatic carbocycles. The molecule has 1 aromatic heterocycles. The summed E-state index contributed by atoms with van der Waals surface area (Å²) in [5, 5.41) is 6.16. The predicted octanol–water partition coefficient (Wildman–Crippen LogP) is 2.77. The van der Waals surface area contributed by atoms with Crippen molar-refractivity contribution in [2.24, 2.45) is 0 Å². The first-order valence-corrected chi connectivity index (χ1v) is 7.91. The van der Waals surface area contributed by atoms with E-state index < -0.39 is 0 Å². The van der Waals surface area contributed by atoms with Crippen LogP contribution in [0.5, 0.6) is 0 Å². The smallest absolute Gasteiger partial charge is 0.253 e. The highest BCUT2D eigenvalue weighted by Crippen LogP contribution is 2.06. The van der Waals surface area contributed by atoms with E-state index in [2.05, 4.69) is 29.5 Å². The van der Waals surface area contributed by atoms with E-state index in [4.69, 9.17) is 0 Å². The molecule has 19 heavy (non-hydrogen) atoms. The van der Waals surface area contributed by atoms with E-state index in [1.807, 2.05) is 24.8 Å². The Bertz CT molecular complexity index is 381. The van der Waals surface area contributed by atoms with Crippen LogP contribution in [-0.4, -0.2) is 35.0 Å². The monoisotopic (exact) mass is 281 g/mol. The summed E-state index contributed by atoms with van der Waals surface area (Å²) >= 11 is 1.82. The molecule has 1 atom stereocenters. The lowest BCUT2D eigenvalue weighted by atomic mass is 10.2. The van der Waals surface area contributed by atoms with Crippen LogP contribution in [0.25, 0.3) is 0 Å². The molecule has 106 valence electrons. The van der Waals surface area contributed by atoms with Crippen molar-refractivity contribution >= 4 is 23.5 Å². The second-order valence-corrected chi connectivity index (χ2v) is 5.71. The second kappa shape index (κ2) is 8.80. The minimum atomic E-state index is -0.0567. The van der Waals surface area contributed by atoms with Crippen LogP contribution in [0, 0.1) is 0 Å². The van der Waals surface area contributed by atoms with Crippen molar-refractivity contribution in [3.8, 4) is 0 Å². The Morgan fingerprint density at radius 3 is 2.79 bits per heavy atom. The van der Waals surface area contributed by atoms with Gasteiger partial charge in [0.2, 0.25) is 0 Å². The van der Waals surface area contributed by atoms with E-state index in [0.717, 1.165) is 30.3 Å². The molecule has 0 fully saturated rings. The van der Waals surface area contributed by atoms with E-state index in [1.165, 1.54) is 0 Å². The molecule has 0 saturated heterocycles. The average Bonchev–Trinajstić information content (AvgIpc) is 2.43. The first-order valence-electron chi connectivity index (χ1n) is 6.75. The number of rotatable bonds is 8. The summed E-state index contributed by atoms with van der Waals surface area (Å²) in [5.41, 5.74) is 0.607. The molecule has 4 nitrogen and oxygen atoms in total. The Kier molecular flexibility index (Phi) is 7.33. The van der Waals surface area contributed by atoms with Crippen LogP contribution in [0.2, 0.25) is 0 Å². The van der Waals surface area contributed by atoms with E-state index in [9.17, 15) is 4.79 Å². The van der Waals surface area contributed by atoms with Crippen LogP contribution in [-0.2, 0) is 0 Å². The van der Waals surface area contributed by atoms with Gasteiger partial charge >= 0.3 is 0 Å². The fraction of sp³-hybridized carbons (Fsp3) is 0.571. The number of nitrogens with one attached hydrogen (secondary N) is 2. The molecule has 0 aliphatic rings. The van der Waals surface area contributed by atoms with Gasteiger partial charge in [0.1, 0.15) is 5.82 Å². The second-order valence-electron chi connectivity index (χ2n) is 4.39. The first-order chi connectivity index (χ1) is 9.17. The van der Waals surface area contributed by atoms with Crippen LogP contribution >= 0.6 is 11.8 Å². The largest absolute Gasteiger partial charge is 0.370 e. The van der Waals surface area contributed by atoms with Gasteiger partial charge in [-0.05, 0) is 31.2 Å². The number of anilines is 1. The molecule has 0 spiro atoms. The summed E-state index contributed by atoms with van der Waals surface area (Å²) in [6.45, 7) is 7.13. The lowest BCUT2D eigenvalue weighted by Crippen LogP contribution is -2.34. The molecule has 2 N–H and O–H groups in total. The lowest BCUT2D eigenvalue weighted by molar-refractivity contribution is 0.0943. The van der Waals surface area contributed by atoms with Crippen molar-refractivity contribution in [1.82, 2.24) is 10.3 Å². The SMILES string of the molecule is CCCNc1ccc(C(=O)NC(C)CSCC)cn1. The lowest BCUT2D eigenvalue weighted by Gasteiger charge is -2.13. The number of hydrogen-bond acceptors (Lipinski definition) is 4. The van der Waals surface area contributed by atoms with Crippen molar-refractivity contribution in [1.29, 1.82) is 0 Å². The zero-order valence-corrected chi connectivity index (χ0v) is 12.7. The number of nitrogens with zero attached hydrogens (tertiary/aromatic N) is 1. The van der Waals surface area contributed by atoms with Crippen molar-refractivity contribution in [3.63, 3.8) is 0 Å². The van der Waals surface area contributed by atoms with Gasteiger partial charge in [-0.3, -0.25) is 4.79 Å². The molecule has 5 heteroatoms. The van der Waals surface area contributed by atoms with Crippen LogP contribution in [0.15, 0.2) is 18.3 Å². The van der Waals surface area contributed by atoms with E-state index in [-0.39, 0.29) is 11.9 Å². The molecule has 0 radical (unpaired) electrons. The number of carbonyl (C=O) groups excluding carboxylic acids is 1. The molecule has 0 aliphatic heterocycles. The highest BCUT2D eigenvalue weighted by molar-refractivity contribution is 7.99. The van der Waals surface area contributed by atoms with Crippen LogP contribution < -0.4 is 10.6 Å². The van der Waals surface area contributed by atoms with Crippen molar-refractivity contribution in [3.05, 3.63) is 23.9 Å². The maximum absolute atomic E-state index is 12.0. The van der Waals surface area contributed by atoms with E-state index in [0.29, 0.717) is 5.56 Å². The third kappa shape index (κ3) is 5.96. The van der Waals surface area contributed by atoms with Gasteiger partial charge in [0.25, 0.3) is 5.91 Å². The van der Waals surface area contributed by atoms with Gasteiger partial charge in [0, 0.05) is 24.5 Å². The summed E-state index contributed by atoms with van der Waals surface area (Å²) < 4.78 is 0. The van der Waals surface area contributed by atoms with Gasteiger partial charge in [0.15, 0.2) is 0 Å². The zero-order valence-electron chi connectivity index (χ0n) is 11.9. The normalized spacial score (nSPS) is 11.9. The number of hydrogen-bond donors (Lipinski definition) is 2. The summed E-state index contributed by atoms with van der Waals surface area (Å²) in [5.74, 6) is 2.76. The fourth-order valence-electron chi connectivity index (χ4n) is 1.53. The average molecular weight is 281 g/mol. The highest BCUT2D eigenvalue weighted by Gasteiger charge is 2.09. The van der Waals surface area contributed by atoms with Crippen molar-refractivity contribution in [2.75, 3.05) is 23.4 Å². The Balaban J connectivity index is 2.48. The molecular formula is C14H23N3OS. The first kappa shape index (κ1) is 15.8. The number of aromatic nitrogens is 1. The molecule has 1 heterocycles. The zero-order chi connectivity index (χ0) is 14.1. The van der Waals surface area contributed by atoms with Gasteiger partial charge in [-0.25, -0.2) is 4.98 Å². The molecule has 1 aromatic rings. The van der Waals surface area contributed by atoms with Gasteiger partial charge in [0.05, 0.1) is 5.56 Å². The Hall–Kier alpha value is -1.23. The van der Waals surface area contributed by atoms with E-state index >= 15 is 0 Å². The number of thioether (sulfide) groups is 1. The Labute approximate surface area is 119 Å². The molecule has 1 rings (SSSR count). The standard InChI is InChI=1S/C14H23N3OS/c1-4-8-15-13-7-6-12(9-16-13)14(18)17-11(3)10-19-5-2/h6-7,9,11H,4-5,8,10H2,1-3H3,(H,15,16)(H,17,18). The quantitative estimate of drug-likeness (QED) is 0.769. The fourth-order valence-corrected chi connectivity index (χ4v) is 2.20. The van der Waals surface area contributed by atoms with Crippen LogP contribution in [0.1, 0.15) is 37.6 Å². The molecule has 0 bridgehead atoms. The highest BCUT2D eigenvalue weighted by atomic mass is 32.2. The third-order valence-corrected chi connectivity index (χ3v) is 3.68. The summed E-state index contributed by atoms with van der Waals surface area (Å²) in [6.07, 6.45) is 2.67. The molecule has 0 aromatic carbocycles. The van der Waals surface area contributed by atoms with Gasteiger partial charge in [-0.1, -0.05) is 13.8 Å². The molecule has 0 saturated carbocycles. The Morgan fingerprint density at radius 1 is 1.42 bits per heavy atom. The third-order valence-electron chi connectivity index (χ3n) is 2.53. The molecular weight excluding hydrogens is 258 g/mol. The topological polar surface area (TPSA) is 54.0 Å². The summed E-state index contributed by atoms with van der Waals surface area (Å²) in [6, 6.07) is 3.83. The van der Waals surface area contributed by atoms with Crippen molar-refractivity contribution in [2.45, 2.75) is 33.2 Å². The number of amides is 1. The number of carbonyl (C=O) groups is 1. The summed E-state index contributed by atoms with van der Waals surface area (Å²) in [4.78, 5) is 16.2. The van der Waals surface area contributed by atoms with Crippen molar-refractivity contribution < 1.29 is 4.79 Å². The van der Waals surface area contributed by atoms with Gasteiger partial charge in [-0.2, -0.15) is 11.8 Å². The van der Waals surface area contributed by atoms with E-state index in [1.54, 1.807) is 12.3 Å². The van der Waals surface area contributed by atoms with Gasteiger partial charge < -0.3 is 10.6 Å². The Morgan fingerprint density at radius 2 is 2.21 bits per heavy atom. The van der Waals surface area contributed by atoms with Gasteiger partial charge in [-0.15, -0.1) is 0 Å². The molecule has 1 unspecified atom stereocenters. The van der Waals surface area contributed by atoms with Crippen LogP contribution in [0.3, 0.4) is 0 Å². The maximum Gasteiger partial charge on any atom is 0.253 e. The summed E-state index contributed by atoms with van der Waals surface area (Å²) in [7, 11) is 0. The maximum atomic E-state index is 12.0. The molecule has 1 amide bonds.